The first-order chi connectivity index (χ1) is 5.24. The summed E-state index contributed by atoms with van der Waals surface area (Å²) in [5.74, 6) is -0.729. The molecule has 0 radical (unpaired) electrons. The van der Waals surface area contributed by atoms with E-state index in [2.05, 4.69) is 24.7 Å². The van der Waals surface area contributed by atoms with Crippen molar-refractivity contribution in [3.8, 4) is 0 Å². The van der Waals surface area contributed by atoms with Gasteiger partial charge in [-0.1, -0.05) is 0 Å². The van der Waals surface area contributed by atoms with Gasteiger partial charge < -0.3 is 10.1 Å². The smallest absolute Gasteiger partial charge is 0.390 e. The number of rotatable bonds is 2. The third-order valence-corrected chi connectivity index (χ3v) is 0.698. The second-order valence-corrected chi connectivity index (χ2v) is 1.32. The highest BCUT2D eigenvalue weighted by Crippen LogP contribution is 2.11. The molecule has 1 aromatic heterocycles. The van der Waals surface area contributed by atoms with E-state index >= 15 is 0 Å². The average molecular weight is 156 g/mol. The summed E-state index contributed by atoms with van der Waals surface area (Å²) >= 11 is 0. The van der Waals surface area contributed by atoms with Gasteiger partial charge in [-0.2, -0.15) is 0 Å². The SMILES string of the molecule is [N-]=[N+]=Nc1nc([N+](=O)[O-])no1. The van der Waals surface area contributed by atoms with E-state index < -0.39 is 16.9 Å². The summed E-state index contributed by atoms with van der Waals surface area (Å²) in [6.07, 6.45) is 0. The highest BCUT2D eigenvalue weighted by molar-refractivity contribution is 5.13. The molecule has 9 nitrogen and oxygen atoms in total. The van der Waals surface area contributed by atoms with E-state index in [9.17, 15) is 10.1 Å². The lowest BCUT2D eigenvalue weighted by atomic mass is 11.0. The predicted octanol–water partition coefficient (Wildman–Crippen LogP) is 0.920. The second-order valence-electron chi connectivity index (χ2n) is 1.32. The lowest BCUT2D eigenvalue weighted by molar-refractivity contribution is -0.395. The van der Waals surface area contributed by atoms with E-state index in [0.29, 0.717) is 0 Å². The fourth-order valence-electron chi connectivity index (χ4n) is 0.361. The van der Waals surface area contributed by atoms with Gasteiger partial charge in [0.2, 0.25) is 0 Å². The van der Waals surface area contributed by atoms with Crippen molar-refractivity contribution in [2.24, 2.45) is 5.11 Å². The summed E-state index contributed by atoms with van der Waals surface area (Å²) in [6.45, 7) is 0. The Labute approximate surface area is 58.4 Å². The van der Waals surface area contributed by atoms with E-state index in [1.54, 1.807) is 0 Å². The zero-order valence-corrected chi connectivity index (χ0v) is 4.91. The minimum Gasteiger partial charge on any atom is -0.390 e. The van der Waals surface area contributed by atoms with Gasteiger partial charge in [0, 0.05) is 10.0 Å². The first-order valence-corrected chi connectivity index (χ1v) is 2.27. The number of nitrogens with zero attached hydrogens (tertiary/aromatic N) is 6. The molecular weight excluding hydrogens is 156 g/mol. The molecule has 0 amide bonds. The van der Waals surface area contributed by atoms with Gasteiger partial charge in [0.15, 0.2) is 0 Å². The Morgan fingerprint density at radius 1 is 1.82 bits per heavy atom. The highest BCUT2D eigenvalue weighted by atomic mass is 16.6. The summed E-state index contributed by atoms with van der Waals surface area (Å²) in [5.41, 5.74) is 7.83. The molecule has 56 valence electrons. The van der Waals surface area contributed by atoms with Crippen molar-refractivity contribution in [2.75, 3.05) is 0 Å². The first-order valence-electron chi connectivity index (χ1n) is 2.27. The Balaban J connectivity index is 2.99. The molecule has 11 heavy (non-hydrogen) atoms. The third kappa shape index (κ3) is 1.40. The maximum absolute atomic E-state index is 9.90. The molecule has 0 saturated carbocycles. The molecule has 0 aromatic carbocycles. The van der Waals surface area contributed by atoms with Gasteiger partial charge in [0.05, 0.1) is 0 Å². The standard InChI is InChI=1S/C2N6O3/c3-7-5-2-4-1(6-11-2)8(9)10. The van der Waals surface area contributed by atoms with Crippen LogP contribution in [0, 0.1) is 10.1 Å². The van der Waals surface area contributed by atoms with Gasteiger partial charge in [-0.15, -0.1) is 0 Å². The third-order valence-electron chi connectivity index (χ3n) is 0.698. The van der Waals surface area contributed by atoms with E-state index in [0.717, 1.165) is 0 Å². The maximum atomic E-state index is 9.90. The quantitative estimate of drug-likeness (QED) is 0.206. The second kappa shape index (κ2) is 2.62. The Bertz CT molecular complexity index is 306. The summed E-state index contributed by atoms with van der Waals surface area (Å²) in [4.78, 5) is 14.4. The molecule has 0 bridgehead atoms. The molecule has 0 fully saturated rings. The minimum atomic E-state index is -0.861. The molecule has 1 aromatic rings. The minimum absolute atomic E-state index is 0.473. The molecule has 0 aliphatic carbocycles. The van der Waals surface area contributed by atoms with Crippen LogP contribution in [-0.2, 0) is 0 Å². The van der Waals surface area contributed by atoms with Crippen molar-refractivity contribution in [3.63, 3.8) is 0 Å². The van der Waals surface area contributed by atoms with E-state index in [1.807, 2.05) is 0 Å². The molecule has 0 aliphatic heterocycles. The summed E-state index contributed by atoms with van der Waals surface area (Å²) in [6, 6.07) is -0.473. The van der Waals surface area contributed by atoms with Crippen LogP contribution < -0.4 is 0 Å². The van der Waals surface area contributed by atoms with E-state index in [-0.39, 0.29) is 0 Å². The normalized spacial score (nSPS) is 8.73. The summed E-state index contributed by atoms with van der Waals surface area (Å²) in [7, 11) is 0. The lowest BCUT2D eigenvalue weighted by Gasteiger charge is -1.79. The van der Waals surface area contributed by atoms with Gasteiger partial charge in [-0.3, -0.25) is 0 Å². The number of hydrogen-bond donors (Lipinski definition) is 0. The lowest BCUT2D eigenvalue weighted by Crippen LogP contribution is -1.88. The van der Waals surface area contributed by atoms with Crippen molar-refractivity contribution < 1.29 is 9.45 Å². The Morgan fingerprint density at radius 3 is 3.00 bits per heavy atom. The Hall–Kier alpha value is -2.15. The van der Waals surface area contributed by atoms with Crippen LogP contribution in [0.5, 0.6) is 0 Å². The van der Waals surface area contributed by atoms with Crippen molar-refractivity contribution in [3.05, 3.63) is 20.6 Å². The molecule has 0 N–H and O–H groups in total. The van der Waals surface area contributed by atoms with Gasteiger partial charge in [-0.25, -0.2) is 4.52 Å². The van der Waals surface area contributed by atoms with Crippen LogP contribution in [0.3, 0.4) is 0 Å². The molecule has 9 heteroatoms. The number of aromatic nitrogens is 2. The van der Waals surface area contributed by atoms with Crippen molar-refractivity contribution in [1.82, 2.24) is 10.1 Å². The highest BCUT2D eigenvalue weighted by Gasteiger charge is 2.16. The summed E-state index contributed by atoms with van der Waals surface area (Å²) in [5, 5.41) is 15.6. The van der Waals surface area contributed by atoms with Gasteiger partial charge in [0.25, 0.3) is 0 Å². The van der Waals surface area contributed by atoms with Crippen LogP contribution in [0.4, 0.5) is 12.0 Å². The van der Waals surface area contributed by atoms with Crippen LogP contribution in [0.1, 0.15) is 0 Å². The Morgan fingerprint density at radius 2 is 2.55 bits per heavy atom. The molecule has 0 aliphatic rings. The van der Waals surface area contributed by atoms with Gasteiger partial charge >= 0.3 is 12.0 Å². The number of nitro groups is 1. The van der Waals surface area contributed by atoms with Crippen molar-refractivity contribution >= 4 is 12.0 Å². The number of azide groups is 1. The average Bonchev–Trinajstić information content (AvgIpc) is 2.37. The fourth-order valence-corrected chi connectivity index (χ4v) is 0.361. The van der Waals surface area contributed by atoms with Crippen LogP contribution in [0.15, 0.2) is 9.64 Å². The zero-order chi connectivity index (χ0) is 8.27. The predicted molar refractivity (Wildman–Crippen MR) is 29.8 cm³/mol. The van der Waals surface area contributed by atoms with Crippen LogP contribution in [0.25, 0.3) is 10.4 Å². The molecule has 0 unspecified atom stereocenters. The molecule has 1 heterocycles. The number of hydrogen-bond acceptors (Lipinski definition) is 6. The topological polar surface area (TPSA) is 131 Å². The monoisotopic (exact) mass is 156 g/mol. The first kappa shape index (κ1) is 6.96. The molecule has 0 spiro atoms. The van der Waals surface area contributed by atoms with Crippen molar-refractivity contribution in [1.29, 1.82) is 0 Å². The maximum Gasteiger partial charge on any atom is 0.510 e. The van der Waals surface area contributed by atoms with E-state index in [4.69, 9.17) is 5.53 Å². The molecule has 1 rings (SSSR count). The molecule has 0 saturated heterocycles. The fraction of sp³-hybridized carbons (Fsp3) is 0. The molecular formula is C2N6O3. The molecule has 0 atom stereocenters. The van der Waals surface area contributed by atoms with Gasteiger partial charge in [0.1, 0.15) is 5.16 Å². The van der Waals surface area contributed by atoms with E-state index in [1.165, 1.54) is 0 Å². The van der Waals surface area contributed by atoms with Crippen LogP contribution in [-0.4, -0.2) is 15.1 Å². The van der Waals surface area contributed by atoms with Crippen LogP contribution in [0.2, 0.25) is 0 Å². The van der Waals surface area contributed by atoms with Crippen molar-refractivity contribution in [2.45, 2.75) is 0 Å². The zero-order valence-electron chi connectivity index (χ0n) is 4.91. The van der Waals surface area contributed by atoms with Crippen LogP contribution >= 0.6 is 0 Å². The largest absolute Gasteiger partial charge is 0.510 e. The van der Waals surface area contributed by atoms with Gasteiger partial charge in [-0.05, 0) is 15.4 Å². The summed E-state index contributed by atoms with van der Waals surface area (Å²) < 4.78 is 4.14. The Kier molecular flexibility index (Phi) is 1.66.